The number of rotatable bonds is 5. The molecule has 0 atom stereocenters. The van der Waals surface area contributed by atoms with E-state index in [9.17, 15) is 9.59 Å². The van der Waals surface area contributed by atoms with E-state index >= 15 is 0 Å². The summed E-state index contributed by atoms with van der Waals surface area (Å²) in [6.45, 7) is 2.01. The molecule has 0 saturated carbocycles. The summed E-state index contributed by atoms with van der Waals surface area (Å²) >= 11 is 1.20. The van der Waals surface area contributed by atoms with Gasteiger partial charge in [0.1, 0.15) is 0 Å². The maximum atomic E-state index is 11.6. The van der Waals surface area contributed by atoms with Crippen LogP contribution in [0, 0.1) is 0 Å². The fourth-order valence-corrected chi connectivity index (χ4v) is 2.66. The molecule has 110 valence electrons. The summed E-state index contributed by atoms with van der Waals surface area (Å²) in [6, 6.07) is 6.16. The second-order valence-electron chi connectivity index (χ2n) is 4.45. The predicted molar refractivity (Wildman–Crippen MR) is 80.8 cm³/mol. The smallest absolute Gasteiger partial charge is 0.337 e. The Morgan fingerprint density at radius 1 is 1.43 bits per heavy atom. The molecule has 6 nitrogen and oxygen atoms in total. The summed E-state index contributed by atoms with van der Waals surface area (Å²) in [4.78, 5) is 30.3. The minimum absolute atomic E-state index is 0.0343. The first-order chi connectivity index (χ1) is 9.99. The lowest BCUT2D eigenvalue weighted by Gasteiger charge is -2.06. The molecule has 7 heteroatoms. The van der Waals surface area contributed by atoms with Crippen LogP contribution in [-0.4, -0.2) is 21.0 Å². The highest BCUT2D eigenvalue weighted by molar-refractivity contribution is 7.99. The highest BCUT2D eigenvalue weighted by atomic mass is 32.2. The Kier molecular flexibility index (Phi) is 4.64. The van der Waals surface area contributed by atoms with E-state index in [1.54, 1.807) is 6.07 Å². The molecular weight excluding hydrogens is 290 g/mol. The SMILES string of the molecule is CCCc1cc(=O)[nH]c(Sc2ccc(N)c(C(=O)O)c2)n1. The van der Waals surface area contributed by atoms with Crippen molar-refractivity contribution < 1.29 is 9.90 Å². The van der Waals surface area contributed by atoms with Gasteiger partial charge in [0, 0.05) is 22.3 Å². The van der Waals surface area contributed by atoms with Crippen molar-refractivity contribution in [2.45, 2.75) is 29.8 Å². The number of H-pyrrole nitrogens is 1. The maximum Gasteiger partial charge on any atom is 0.337 e. The molecule has 0 amide bonds. The Hall–Kier alpha value is -2.28. The number of carboxylic acids is 1. The van der Waals surface area contributed by atoms with E-state index in [2.05, 4.69) is 9.97 Å². The van der Waals surface area contributed by atoms with E-state index in [4.69, 9.17) is 10.8 Å². The number of benzene rings is 1. The largest absolute Gasteiger partial charge is 0.478 e. The van der Waals surface area contributed by atoms with Gasteiger partial charge in [0.2, 0.25) is 0 Å². The molecule has 0 unspecified atom stereocenters. The summed E-state index contributed by atoms with van der Waals surface area (Å²) < 4.78 is 0. The Labute approximate surface area is 125 Å². The molecule has 0 fully saturated rings. The number of nitrogen functional groups attached to an aromatic ring is 1. The highest BCUT2D eigenvalue weighted by Gasteiger charge is 2.10. The Morgan fingerprint density at radius 3 is 2.86 bits per heavy atom. The predicted octanol–water partition coefficient (Wildman–Crippen LogP) is 2.15. The lowest BCUT2D eigenvalue weighted by molar-refractivity contribution is 0.0698. The molecule has 1 heterocycles. The normalized spacial score (nSPS) is 10.5. The molecule has 0 aliphatic rings. The van der Waals surface area contributed by atoms with Gasteiger partial charge in [-0.3, -0.25) is 4.79 Å². The van der Waals surface area contributed by atoms with Crippen LogP contribution in [0.1, 0.15) is 29.4 Å². The molecule has 4 N–H and O–H groups in total. The first-order valence-electron chi connectivity index (χ1n) is 6.40. The van der Waals surface area contributed by atoms with Crippen molar-refractivity contribution in [3.8, 4) is 0 Å². The minimum Gasteiger partial charge on any atom is -0.478 e. The van der Waals surface area contributed by atoms with Gasteiger partial charge in [-0.05, 0) is 24.6 Å². The average molecular weight is 305 g/mol. The second kappa shape index (κ2) is 6.45. The number of aromatic carboxylic acids is 1. The van der Waals surface area contributed by atoms with E-state index in [-0.39, 0.29) is 16.8 Å². The number of nitrogens with two attached hydrogens (primary N) is 1. The van der Waals surface area contributed by atoms with Crippen LogP contribution in [0.5, 0.6) is 0 Å². The van der Waals surface area contributed by atoms with E-state index in [1.807, 2.05) is 6.92 Å². The average Bonchev–Trinajstić information content (AvgIpc) is 2.40. The van der Waals surface area contributed by atoms with Crippen LogP contribution in [-0.2, 0) is 6.42 Å². The third kappa shape index (κ3) is 3.85. The van der Waals surface area contributed by atoms with Crippen LogP contribution < -0.4 is 11.3 Å². The van der Waals surface area contributed by atoms with Crippen molar-refractivity contribution >= 4 is 23.4 Å². The van der Waals surface area contributed by atoms with Gasteiger partial charge in [0.05, 0.1) is 5.56 Å². The number of aromatic nitrogens is 2. The molecule has 1 aromatic heterocycles. The monoisotopic (exact) mass is 305 g/mol. The fraction of sp³-hybridized carbons (Fsp3) is 0.214. The molecule has 2 rings (SSSR count). The third-order valence-electron chi connectivity index (χ3n) is 2.75. The van der Waals surface area contributed by atoms with Crippen LogP contribution in [0.3, 0.4) is 0 Å². The van der Waals surface area contributed by atoms with E-state index in [0.717, 1.165) is 18.5 Å². The van der Waals surface area contributed by atoms with Crippen LogP contribution in [0.15, 0.2) is 39.1 Å². The zero-order valence-electron chi connectivity index (χ0n) is 11.4. The molecule has 0 spiro atoms. The first-order valence-corrected chi connectivity index (χ1v) is 7.22. The van der Waals surface area contributed by atoms with E-state index < -0.39 is 5.97 Å². The molecule has 0 saturated heterocycles. The fourth-order valence-electron chi connectivity index (χ4n) is 1.81. The molecule has 2 aromatic rings. The van der Waals surface area contributed by atoms with Crippen molar-refractivity contribution in [3.05, 3.63) is 45.9 Å². The lowest BCUT2D eigenvalue weighted by atomic mass is 10.2. The third-order valence-corrected chi connectivity index (χ3v) is 3.63. The second-order valence-corrected chi connectivity index (χ2v) is 5.51. The van der Waals surface area contributed by atoms with Gasteiger partial charge in [0.25, 0.3) is 5.56 Å². The van der Waals surface area contributed by atoms with Crippen LogP contribution >= 0.6 is 11.8 Å². The lowest BCUT2D eigenvalue weighted by Crippen LogP contribution is -2.10. The highest BCUT2D eigenvalue weighted by Crippen LogP contribution is 2.27. The summed E-state index contributed by atoms with van der Waals surface area (Å²) in [5.41, 5.74) is 6.35. The topological polar surface area (TPSA) is 109 Å². The molecular formula is C14H15N3O3S. The van der Waals surface area contributed by atoms with Crippen LogP contribution in [0.2, 0.25) is 0 Å². The van der Waals surface area contributed by atoms with Gasteiger partial charge in [-0.2, -0.15) is 0 Å². The summed E-state index contributed by atoms with van der Waals surface area (Å²) in [7, 11) is 0. The molecule has 1 aromatic carbocycles. The number of anilines is 1. The zero-order valence-corrected chi connectivity index (χ0v) is 12.2. The van der Waals surface area contributed by atoms with Gasteiger partial charge in [-0.15, -0.1) is 0 Å². The summed E-state index contributed by atoms with van der Waals surface area (Å²) in [5, 5.41) is 9.49. The van der Waals surface area contributed by atoms with Gasteiger partial charge >= 0.3 is 5.97 Å². The van der Waals surface area contributed by atoms with Crippen molar-refractivity contribution in [3.63, 3.8) is 0 Å². The number of hydrogen-bond acceptors (Lipinski definition) is 5. The van der Waals surface area contributed by atoms with Crippen LogP contribution in [0.25, 0.3) is 0 Å². The maximum absolute atomic E-state index is 11.6. The zero-order chi connectivity index (χ0) is 15.4. The van der Waals surface area contributed by atoms with Crippen molar-refractivity contribution in [2.24, 2.45) is 0 Å². The molecule has 0 aliphatic carbocycles. The standard InChI is InChI=1S/C14H15N3O3S/c1-2-3-8-6-12(18)17-14(16-8)21-9-4-5-11(15)10(7-9)13(19)20/h4-7H,2-3,15H2,1H3,(H,19,20)(H,16,17,18). The van der Waals surface area contributed by atoms with Gasteiger partial charge < -0.3 is 15.8 Å². The van der Waals surface area contributed by atoms with E-state index in [0.29, 0.717) is 10.1 Å². The Morgan fingerprint density at radius 2 is 2.19 bits per heavy atom. The van der Waals surface area contributed by atoms with Gasteiger partial charge in [-0.1, -0.05) is 25.1 Å². The summed E-state index contributed by atoms with van der Waals surface area (Å²) in [6.07, 6.45) is 1.62. The minimum atomic E-state index is -1.09. The van der Waals surface area contributed by atoms with Crippen LogP contribution in [0.4, 0.5) is 5.69 Å². The number of hydrogen-bond donors (Lipinski definition) is 3. The number of aromatic amines is 1. The number of carbonyl (C=O) groups is 1. The number of nitrogens with zero attached hydrogens (tertiary/aromatic N) is 1. The van der Waals surface area contributed by atoms with Gasteiger partial charge in [0.15, 0.2) is 5.16 Å². The Balaban J connectivity index is 2.32. The van der Waals surface area contributed by atoms with Crippen molar-refractivity contribution in [1.29, 1.82) is 0 Å². The Bertz CT molecular complexity index is 728. The molecule has 0 bridgehead atoms. The number of carboxylic acid groups (broad SMARTS) is 1. The summed E-state index contributed by atoms with van der Waals surface area (Å²) in [5.74, 6) is -1.09. The van der Waals surface area contributed by atoms with Gasteiger partial charge in [-0.25, -0.2) is 9.78 Å². The number of nitrogens with one attached hydrogen (secondary N) is 1. The number of aryl methyl sites for hydroxylation is 1. The molecule has 0 aliphatic heterocycles. The molecule has 21 heavy (non-hydrogen) atoms. The quantitative estimate of drug-likeness (QED) is 0.577. The van der Waals surface area contributed by atoms with E-state index in [1.165, 1.54) is 30.0 Å². The van der Waals surface area contributed by atoms with Crippen molar-refractivity contribution in [1.82, 2.24) is 9.97 Å². The van der Waals surface area contributed by atoms with Crippen molar-refractivity contribution in [2.75, 3.05) is 5.73 Å². The molecule has 0 radical (unpaired) electrons. The first kappa shape index (κ1) is 15.1.